The van der Waals surface area contributed by atoms with Gasteiger partial charge in [0.15, 0.2) is 11.6 Å². The van der Waals surface area contributed by atoms with Crippen molar-refractivity contribution in [3.05, 3.63) is 71.1 Å². The van der Waals surface area contributed by atoms with E-state index in [1.165, 1.54) is 6.20 Å². The summed E-state index contributed by atoms with van der Waals surface area (Å²) in [5, 5.41) is 16.4. The van der Waals surface area contributed by atoms with Crippen LogP contribution in [0.5, 0.6) is 5.75 Å². The second-order valence-electron chi connectivity index (χ2n) is 5.23. The summed E-state index contributed by atoms with van der Waals surface area (Å²) in [7, 11) is 0. The zero-order valence-electron chi connectivity index (χ0n) is 13.2. The highest BCUT2D eigenvalue weighted by atomic mass is 19.2. The van der Waals surface area contributed by atoms with Gasteiger partial charge in [0.25, 0.3) is 5.91 Å². The Morgan fingerprint density at radius 2 is 1.92 bits per heavy atom. The molecule has 2 aromatic carbocycles. The van der Waals surface area contributed by atoms with Crippen LogP contribution in [0.15, 0.2) is 42.6 Å². The number of benzene rings is 2. The minimum absolute atomic E-state index is 0.0338. The summed E-state index contributed by atoms with van der Waals surface area (Å²) in [6, 6.07) is 9.99. The highest BCUT2D eigenvalue weighted by Gasteiger charge is 2.17. The van der Waals surface area contributed by atoms with Crippen LogP contribution in [-0.4, -0.2) is 20.9 Å². The Morgan fingerprint density at radius 1 is 1.23 bits per heavy atom. The molecule has 1 aromatic heterocycles. The lowest BCUT2D eigenvalue weighted by Gasteiger charge is -2.07. The van der Waals surface area contributed by atoms with E-state index in [1.54, 1.807) is 24.3 Å². The van der Waals surface area contributed by atoms with E-state index in [9.17, 15) is 13.6 Å². The van der Waals surface area contributed by atoms with Crippen LogP contribution in [0.25, 0.3) is 5.69 Å². The van der Waals surface area contributed by atoms with Crippen molar-refractivity contribution in [3.8, 4) is 17.5 Å². The van der Waals surface area contributed by atoms with Gasteiger partial charge in [-0.05, 0) is 30.3 Å². The van der Waals surface area contributed by atoms with E-state index in [4.69, 9.17) is 15.7 Å². The first kappa shape index (κ1) is 17.0. The van der Waals surface area contributed by atoms with Crippen molar-refractivity contribution in [2.24, 2.45) is 5.73 Å². The van der Waals surface area contributed by atoms with E-state index in [0.717, 1.165) is 10.7 Å². The molecule has 0 unspecified atom stereocenters. The van der Waals surface area contributed by atoms with Crippen LogP contribution in [0.1, 0.15) is 21.6 Å². The molecule has 0 aliphatic rings. The third-order valence-corrected chi connectivity index (χ3v) is 3.46. The van der Waals surface area contributed by atoms with Gasteiger partial charge in [0.05, 0.1) is 29.1 Å². The van der Waals surface area contributed by atoms with Gasteiger partial charge in [0.1, 0.15) is 18.1 Å². The van der Waals surface area contributed by atoms with Gasteiger partial charge in [0, 0.05) is 6.07 Å². The Bertz CT molecular complexity index is 1010. The molecule has 26 heavy (non-hydrogen) atoms. The number of nitrogens with zero attached hydrogens (tertiary/aromatic N) is 4. The number of nitriles is 1. The summed E-state index contributed by atoms with van der Waals surface area (Å²) in [5.41, 5.74) is 5.82. The monoisotopic (exact) mass is 355 g/mol. The molecule has 0 saturated carbocycles. The highest BCUT2D eigenvalue weighted by Crippen LogP contribution is 2.19. The molecule has 1 amide bonds. The summed E-state index contributed by atoms with van der Waals surface area (Å²) in [6.07, 6.45) is 1.41. The molecule has 0 fully saturated rings. The summed E-state index contributed by atoms with van der Waals surface area (Å²) in [5.74, 6) is -2.74. The zero-order valence-corrected chi connectivity index (χ0v) is 13.2. The predicted molar refractivity (Wildman–Crippen MR) is 85.3 cm³/mol. The summed E-state index contributed by atoms with van der Waals surface area (Å²) in [4.78, 5) is 11.5. The molecule has 9 heteroatoms. The molecule has 0 saturated heterocycles. The molecule has 0 spiro atoms. The van der Waals surface area contributed by atoms with Crippen LogP contribution in [0.2, 0.25) is 0 Å². The van der Waals surface area contributed by atoms with Gasteiger partial charge in [-0.1, -0.05) is 5.21 Å². The Labute approximate surface area is 146 Å². The first-order chi connectivity index (χ1) is 12.5. The number of hydrogen-bond donors (Lipinski definition) is 1. The summed E-state index contributed by atoms with van der Waals surface area (Å²) < 4.78 is 33.5. The molecule has 2 N–H and O–H groups in total. The van der Waals surface area contributed by atoms with E-state index in [1.807, 2.05) is 6.07 Å². The van der Waals surface area contributed by atoms with Crippen molar-refractivity contribution >= 4 is 5.91 Å². The maximum absolute atomic E-state index is 13.5. The van der Waals surface area contributed by atoms with Gasteiger partial charge in [-0.3, -0.25) is 4.79 Å². The number of hydrogen-bond acceptors (Lipinski definition) is 5. The Balaban J connectivity index is 1.80. The summed E-state index contributed by atoms with van der Waals surface area (Å²) in [6.45, 7) is 0.0431. The third-order valence-electron chi connectivity index (χ3n) is 3.46. The first-order valence-electron chi connectivity index (χ1n) is 7.31. The van der Waals surface area contributed by atoms with Gasteiger partial charge in [-0.2, -0.15) is 5.26 Å². The van der Waals surface area contributed by atoms with Crippen LogP contribution in [0.3, 0.4) is 0 Å². The van der Waals surface area contributed by atoms with E-state index >= 15 is 0 Å². The maximum Gasteiger partial charge on any atom is 0.251 e. The van der Waals surface area contributed by atoms with Gasteiger partial charge >= 0.3 is 0 Å². The number of rotatable bonds is 5. The van der Waals surface area contributed by atoms with E-state index in [2.05, 4.69) is 10.3 Å². The number of ether oxygens (including phenoxy) is 1. The van der Waals surface area contributed by atoms with E-state index < -0.39 is 17.5 Å². The first-order valence-corrected chi connectivity index (χ1v) is 7.31. The summed E-state index contributed by atoms with van der Waals surface area (Å²) >= 11 is 0. The molecular weight excluding hydrogens is 344 g/mol. The fourth-order valence-electron chi connectivity index (χ4n) is 2.19. The van der Waals surface area contributed by atoms with Crippen LogP contribution < -0.4 is 10.5 Å². The number of aromatic nitrogens is 3. The number of carbonyl (C=O) groups is 1. The molecule has 3 aromatic rings. The average Bonchev–Trinajstić information content (AvgIpc) is 3.11. The standard InChI is InChI=1S/C17H11F2N5O2/c18-14-5-13(17(21)25)16(6-15(14)19)24-8-11(22-23-24)9-26-12-3-1-10(7-20)2-4-12/h1-6,8H,9H2,(H2,21,25). The quantitative estimate of drug-likeness (QED) is 0.754. The predicted octanol–water partition coefficient (Wildman–Crippen LogP) is 2.10. The fourth-order valence-corrected chi connectivity index (χ4v) is 2.19. The van der Waals surface area contributed by atoms with Crippen molar-refractivity contribution in [1.29, 1.82) is 5.26 Å². The molecule has 0 radical (unpaired) electrons. The second kappa shape index (κ2) is 6.98. The molecule has 0 bridgehead atoms. The van der Waals surface area contributed by atoms with Crippen molar-refractivity contribution in [2.75, 3.05) is 0 Å². The molecule has 3 rings (SSSR count). The van der Waals surface area contributed by atoms with E-state index in [0.29, 0.717) is 23.1 Å². The molecule has 7 nitrogen and oxygen atoms in total. The lowest BCUT2D eigenvalue weighted by Crippen LogP contribution is -2.16. The van der Waals surface area contributed by atoms with Gasteiger partial charge in [0.2, 0.25) is 0 Å². The van der Waals surface area contributed by atoms with Crippen molar-refractivity contribution in [2.45, 2.75) is 6.61 Å². The average molecular weight is 355 g/mol. The van der Waals surface area contributed by atoms with Gasteiger partial charge in [-0.15, -0.1) is 5.10 Å². The van der Waals surface area contributed by atoms with E-state index in [-0.39, 0.29) is 17.9 Å². The van der Waals surface area contributed by atoms with Crippen LogP contribution in [-0.2, 0) is 6.61 Å². The van der Waals surface area contributed by atoms with Crippen molar-refractivity contribution in [1.82, 2.24) is 15.0 Å². The Morgan fingerprint density at radius 3 is 2.58 bits per heavy atom. The topological polar surface area (TPSA) is 107 Å². The Kier molecular flexibility index (Phi) is 4.57. The number of carbonyl (C=O) groups excluding carboxylic acids is 1. The van der Waals surface area contributed by atoms with Crippen LogP contribution in [0, 0.1) is 23.0 Å². The molecular formula is C17H11F2N5O2. The van der Waals surface area contributed by atoms with Crippen LogP contribution >= 0.6 is 0 Å². The highest BCUT2D eigenvalue weighted by molar-refractivity contribution is 5.96. The fraction of sp³-hybridized carbons (Fsp3) is 0.0588. The van der Waals surface area contributed by atoms with Crippen LogP contribution in [0.4, 0.5) is 8.78 Å². The minimum atomic E-state index is -1.19. The largest absolute Gasteiger partial charge is 0.487 e. The normalized spacial score (nSPS) is 10.3. The van der Waals surface area contributed by atoms with Gasteiger partial charge < -0.3 is 10.5 Å². The molecule has 0 aliphatic heterocycles. The second-order valence-corrected chi connectivity index (χ2v) is 5.23. The lowest BCUT2D eigenvalue weighted by molar-refractivity contribution is 0.0999. The molecule has 0 atom stereocenters. The number of halogens is 2. The zero-order chi connectivity index (χ0) is 18.7. The minimum Gasteiger partial charge on any atom is -0.487 e. The SMILES string of the molecule is N#Cc1ccc(OCc2cn(-c3cc(F)c(F)cc3C(N)=O)nn2)cc1. The smallest absolute Gasteiger partial charge is 0.251 e. The van der Waals surface area contributed by atoms with Gasteiger partial charge in [-0.25, -0.2) is 13.5 Å². The number of primary amides is 1. The molecule has 1 heterocycles. The number of amides is 1. The molecule has 0 aliphatic carbocycles. The van der Waals surface area contributed by atoms with Crippen molar-refractivity contribution in [3.63, 3.8) is 0 Å². The third kappa shape index (κ3) is 3.49. The Hall–Kier alpha value is -3.80. The molecule has 130 valence electrons. The lowest BCUT2D eigenvalue weighted by atomic mass is 10.1. The van der Waals surface area contributed by atoms with Crippen molar-refractivity contribution < 1.29 is 18.3 Å². The maximum atomic E-state index is 13.5. The number of nitrogens with two attached hydrogens (primary N) is 1.